The molecule has 0 bridgehead atoms. The summed E-state index contributed by atoms with van der Waals surface area (Å²) in [5, 5.41) is 3.86. The van der Waals surface area contributed by atoms with Gasteiger partial charge in [0.1, 0.15) is 24.0 Å². The number of nitrogens with zero attached hydrogens (tertiary/aromatic N) is 4. The lowest BCUT2D eigenvalue weighted by Gasteiger charge is -2.34. The van der Waals surface area contributed by atoms with Crippen molar-refractivity contribution >= 4 is 57.9 Å². The first-order chi connectivity index (χ1) is 24.7. The van der Waals surface area contributed by atoms with Gasteiger partial charge >= 0.3 is 0 Å². The third-order valence-corrected chi connectivity index (χ3v) is 10.3. The Morgan fingerprint density at radius 1 is 1.02 bits per heavy atom. The van der Waals surface area contributed by atoms with Crippen LogP contribution in [0, 0.1) is 0 Å². The summed E-state index contributed by atoms with van der Waals surface area (Å²) in [6.45, 7) is 3.70. The lowest BCUT2D eigenvalue weighted by Crippen LogP contribution is -2.52. The van der Waals surface area contributed by atoms with Gasteiger partial charge in [0.25, 0.3) is 5.91 Å². The van der Waals surface area contributed by atoms with Gasteiger partial charge in [-0.25, -0.2) is 4.98 Å². The Morgan fingerprint density at radius 2 is 1.88 bits per heavy atom. The van der Waals surface area contributed by atoms with Crippen LogP contribution in [0.4, 0.5) is 5.69 Å². The van der Waals surface area contributed by atoms with Crippen LogP contribution in [0.1, 0.15) is 66.9 Å². The molecule has 2 aromatic carbocycles. The number of amides is 5. The first-order valence-corrected chi connectivity index (χ1v) is 17.8. The van der Waals surface area contributed by atoms with Gasteiger partial charge in [-0.2, -0.15) is 0 Å². The molecule has 0 radical (unpaired) electrons. The minimum atomic E-state index is -0.655. The maximum absolute atomic E-state index is 13.2. The van der Waals surface area contributed by atoms with Crippen molar-refractivity contribution in [3.63, 3.8) is 0 Å². The highest BCUT2D eigenvalue weighted by Crippen LogP contribution is 2.36. The van der Waals surface area contributed by atoms with Gasteiger partial charge in [-0.1, -0.05) is 36.7 Å². The molecular formula is C38H39ClN6O6. The predicted octanol–water partition coefficient (Wildman–Crippen LogP) is 5.02. The highest BCUT2D eigenvalue weighted by Gasteiger charge is 2.39. The number of H-pyrrole nitrogens is 1. The predicted molar refractivity (Wildman–Crippen MR) is 191 cm³/mol. The molecule has 0 spiro atoms. The average Bonchev–Trinajstić information content (AvgIpc) is 3.70. The van der Waals surface area contributed by atoms with Gasteiger partial charge in [0.2, 0.25) is 23.6 Å². The number of ether oxygens (including phenoxy) is 1. The van der Waals surface area contributed by atoms with Crippen LogP contribution in [-0.2, 0) is 32.1 Å². The van der Waals surface area contributed by atoms with Gasteiger partial charge in [-0.3, -0.25) is 29.3 Å². The number of anilines is 1. The minimum absolute atomic E-state index is 0.0294. The largest absolute Gasteiger partial charge is 0.494 e. The van der Waals surface area contributed by atoms with Gasteiger partial charge in [0.05, 0.1) is 11.6 Å². The third kappa shape index (κ3) is 6.92. The van der Waals surface area contributed by atoms with Crippen molar-refractivity contribution in [2.45, 2.75) is 64.5 Å². The number of imide groups is 1. The number of rotatable bonds is 11. The second-order valence-corrected chi connectivity index (χ2v) is 13.5. The van der Waals surface area contributed by atoms with E-state index in [1.165, 1.54) is 4.90 Å². The molecule has 5 heterocycles. The van der Waals surface area contributed by atoms with Crippen LogP contribution in [-0.4, -0.2) is 81.6 Å². The van der Waals surface area contributed by atoms with E-state index in [-0.39, 0.29) is 36.6 Å². The second kappa shape index (κ2) is 14.6. The Balaban J connectivity index is 0.856. The molecule has 0 saturated carbocycles. The molecule has 1 atom stereocenters. The first kappa shape index (κ1) is 34.2. The zero-order chi connectivity index (χ0) is 35.6. The molecule has 13 heteroatoms. The van der Waals surface area contributed by atoms with Gasteiger partial charge in [-0.05, 0) is 73.1 Å². The monoisotopic (exact) mass is 710 g/mol. The van der Waals surface area contributed by atoms with E-state index in [1.807, 2.05) is 42.6 Å². The van der Waals surface area contributed by atoms with Crippen LogP contribution in [0.3, 0.4) is 0 Å². The molecular weight excluding hydrogens is 672 g/mol. The third-order valence-electron chi connectivity index (χ3n) is 9.95. The highest BCUT2D eigenvalue weighted by atomic mass is 35.5. The van der Waals surface area contributed by atoms with Gasteiger partial charge < -0.3 is 24.4 Å². The molecule has 7 rings (SSSR count). The summed E-state index contributed by atoms with van der Waals surface area (Å²) < 4.78 is 5.90. The summed E-state index contributed by atoms with van der Waals surface area (Å²) in [5.74, 6) is -0.599. The number of hydrogen-bond acceptors (Lipinski definition) is 7. The summed E-state index contributed by atoms with van der Waals surface area (Å²) in [6, 6.07) is 12.4. The Morgan fingerprint density at radius 3 is 2.69 bits per heavy atom. The molecule has 2 fully saturated rings. The number of aromatic amines is 1. The molecule has 2 saturated heterocycles. The van der Waals surface area contributed by atoms with Crippen LogP contribution >= 0.6 is 11.6 Å². The highest BCUT2D eigenvalue weighted by molar-refractivity contribution is 6.38. The van der Waals surface area contributed by atoms with E-state index >= 15 is 0 Å². The number of piperazine rings is 1. The number of hydrogen-bond donors (Lipinski definition) is 2. The lowest BCUT2D eigenvalue weighted by atomic mass is 10.0. The molecule has 12 nitrogen and oxygen atoms in total. The number of nitrogens with one attached hydrogen (secondary N) is 2. The molecule has 264 valence electrons. The molecule has 3 aliphatic rings. The number of benzene rings is 2. The smallest absolute Gasteiger partial charge is 0.255 e. The average molecular weight is 711 g/mol. The van der Waals surface area contributed by atoms with E-state index in [2.05, 4.69) is 22.2 Å². The summed E-state index contributed by atoms with van der Waals surface area (Å²) >= 11 is 6.85. The lowest BCUT2D eigenvalue weighted by molar-refractivity contribution is -0.137. The van der Waals surface area contributed by atoms with E-state index in [4.69, 9.17) is 16.3 Å². The van der Waals surface area contributed by atoms with Crippen LogP contribution in [0.2, 0.25) is 5.02 Å². The van der Waals surface area contributed by atoms with Crippen molar-refractivity contribution in [3.05, 3.63) is 76.6 Å². The number of pyridine rings is 1. The van der Waals surface area contributed by atoms with Gasteiger partial charge in [0, 0.05) is 67.1 Å². The van der Waals surface area contributed by atoms with E-state index in [1.54, 1.807) is 22.1 Å². The summed E-state index contributed by atoms with van der Waals surface area (Å²) in [5.41, 5.74) is 5.59. The molecule has 0 aliphatic carbocycles. The normalized spacial score (nSPS) is 17.7. The Labute approximate surface area is 300 Å². The molecule has 3 aliphatic heterocycles. The Hall–Kier alpha value is -5.23. The van der Waals surface area contributed by atoms with Crippen LogP contribution in [0.5, 0.6) is 5.75 Å². The van der Waals surface area contributed by atoms with E-state index in [9.17, 15) is 24.0 Å². The van der Waals surface area contributed by atoms with Crippen LogP contribution in [0.15, 0.2) is 54.9 Å². The van der Waals surface area contributed by atoms with E-state index < -0.39 is 11.9 Å². The fourth-order valence-electron chi connectivity index (χ4n) is 7.13. The number of aromatic nitrogens is 2. The molecule has 5 amide bonds. The van der Waals surface area contributed by atoms with Gasteiger partial charge in [0.15, 0.2) is 0 Å². The first-order valence-electron chi connectivity index (χ1n) is 17.4. The quantitative estimate of drug-likeness (QED) is 0.164. The fraction of sp³-hybridized carbons (Fsp3) is 0.368. The molecule has 2 N–H and O–H groups in total. The van der Waals surface area contributed by atoms with Crippen LogP contribution in [0.25, 0.3) is 22.2 Å². The zero-order valence-electron chi connectivity index (χ0n) is 28.4. The van der Waals surface area contributed by atoms with E-state index in [0.29, 0.717) is 61.8 Å². The topological polar surface area (TPSA) is 145 Å². The Kier molecular flexibility index (Phi) is 9.77. The molecule has 1 unspecified atom stereocenters. The zero-order valence-corrected chi connectivity index (χ0v) is 29.1. The molecule has 4 aromatic rings. The van der Waals surface area contributed by atoms with Crippen molar-refractivity contribution in [3.8, 4) is 16.9 Å². The number of aryl methyl sites for hydroxylation is 1. The summed E-state index contributed by atoms with van der Waals surface area (Å²) in [6.07, 6.45) is 7.54. The maximum Gasteiger partial charge on any atom is 0.255 e. The van der Waals surface area contributed by atoms with Gasteiger partial charge in [-0.15, -0.1) is 0 Å². The minimum Gasteiger partial charge on any atom is -0.494 e. The number of fused-ring (bicyclic) bond motifs is 2. The van der Waals surface area contributed by atoms with Crippen molar-refractivity contribution < 1.29 is 28.7 Å². The van der Waals surface area contributed by atoms with E-state index in [0.717, 1.165) is 58.2 Å². The number of piperidine rings is 1. The fourth-order valence-corrected chi connectivity index (χ4v) is 7.50. The molecule has 2 aromatic heterocycles. The summed E-state index contributed by atoms with van der Waals surface area (Å²) in [7, 11) is 0. The van der Waals surface area contributed by atoms with Crippen molar-refractivity contribution in [1.82, 2.24) is 25.1 Å². The van der Waals surface area contributed by atoms with Crippen LogP contribution < -0.4 is 15.0 Å². The second-order valence-electron chi connectivity index (χ2n) is 13.2. The number of carbonyl (C=O) groups excluding carboxylic acids is 5. The number of unbranched alkanes of at least 4 members (excludes halogenated alkanes) is 2. The standard InChI is InChI=1S/C38H39ClN6O6/c1-2-23-19-40-36-34(23)35(39)29(20-41-36)24-7-6-8-26(17-24)44-15-14-43(22-33(44)48)32(47)9-4-3-5-16-51-27-11-10-25-21-45(38(50)28(25)18-27)30-12-13-31(46)42-37(30)49/h6-8,10-11,17-20,30H,2-5,9,12-16,21-22H2,1H3,(H,40,41)(H,42,46,49). The van der Waals surface area contributed by atoms with Crippen molar-refractivity contribution in [2.75, 3.05) is 31.1 Å². The Bertz CT molecular complexity index is 2040. The summed E-state index contributed by atoms with van der Waals surface area (Å²) in [4.78, 5) is 75.7. The SMILES string of the molecule is CCc1c[nH]c2ncc(-c3cccc(N4CCN(C(=O)CCCCCOc5ccc6c(c5)C(=O)N(C5CCC(=O)NC5=O)C6)CC4=O)c3)c(Cl)c12. The maximum atomic E-state index is 13.2. The molecule has 51 heavy (non-hydrogen) atoms. The van der Waals surface area contributed by atoms with Crippen molar-refractivity contribution in [2.24, 2.45) is 0 Å². The number of carbonyl (C=O) groups is 5. The number of halogens is 1. The van der Waals surface area contributed by atoms with Crippen molar-refractivity contribution in [1.29, 1.82) is 0 Å².